The molecule has 0 spiro atoms. The lowest BCUT2D eigenvalue weighted by Gasteiger charge is -2.01. The molecule has 0 aliphatic rings. The van der Waals surface area contributed by atoms with Gasteiger partial charge in [0.05, 0.1) is 5.69 Å². The van der Waals surface area contributed by atoms with Crippen molar-refractivity contribution in [2.24, 2.45) is 10.3 Å². The molecule has 0 amide bonds. The molecule has 2 aromatic rings. The molecule has 0 saturated carbocycles. The zero-order chi connectivity index (χ0) is 11.9. The Hall–Kier alpha value is -2.21. The largest absolute Gasteiger partial charge is 0.364 e. The Morgan fingerprint density at radius 3 is 2.94 bits per heavy atom. The third kappa shape index (κ3) is 3.12. The van der Waals surface area contributed by atoms with Crippen LogP contribution >= 0.6 is 0 Å². The standard InChI is InChI=1S/C11H13N5O/c1-17-9-16-8-7-12-11(16)14-15-13-10-5-3-2-4-6-10/h2-8H,9H2,1H3,(H,12,13,14). The lowest BCUT2D eigenvalue weighted by molar-refractivity contribution is 0.132. The summed E-state index contributed by atoms with van der Waals surface area (Å²) in [6.07, 6.45) is 3.43. The van der Waals surface area contributed by atoms with Gasteiger partial charge in [-0.05, 0) is 12.1 Å². The zero-order valence-electron chi connectivity index (χ0n) is 9.45. The molecular formula is C11H13N5O. The number of hydrogen-bond acceptors (Lipinski definition) is 4. The van der Waals surface area contributed by atoms with Crippen LogP contribution < -0.4 is 5.43 Å². The van der Waals surface area contributed by atoms with E-state index in [4.69, 9.17) is 4.74 Å². The highest BCUT2D eigenvalue weighted by molar-refractivity contribution is 5.41. The van der Waals surface area contributed by atoms with Crippen molar-refractivity contribution in [2.75, 3.05) is 12.5 Å². The molecule has 2 rings (SSSR count). The van der Waals surface area contributed by atoms with Crippen molar-refractivity contribution in [3.8, 4) is 0 Å². The highest BCUT2D eigenvalue weighted by atomic mass is 16.5. The van der Waals surface area contributed by atoms with E-state index in [0.717, 1.165) is 5.69 Å². The number of rotatable bonds is 5. The van der Waals surface area contributed by atoms with Crippen LogP contribution in [0.25, 0.3) is 0 Å². The van der Waals surface area contributed by atoms with Gasteiger partial charge in [-0.1, -0.05) is 28.5 Å². The minimum absolute atomic E-state index is 0.402. The quantitative estimate of drug-likeness (QED) is 0.635. The summed E-state index contributed by atoms with van der Waals surface area (Å²) >= 11 is 0. The molecule has 0 fully saturated rings. The van der Waals surface area contributed by atoms with Gasteiger partial charge in [-0.15, -0.1) is 0 Å². The molecule has 17 heavy (non-hydrogen) atoms. The maximum Gasteiger partial charge on any atom is 0.253 e. The first-order chi connectivity index (χ1) is 8.40. The molecule has 0 bridgehead atoms. The predicted molar refractivity (Wildman–Crippen MR) is 63.8 cm³/mol. The molecule has 88 valence electrons. The Kier molecular flexibility index (Phi) is 3.82. The van der Waals surface area contributed by atoms with Gasteiger partial charge in [0, 0.05) is 19.5 Å². The Balaban J connectivity index is 1.98. The SMILES string of the molecule is COCn1ccnc1/N=N/Nc1ccccc1. The van der Waals surface area contributed by atoms with Crippen LogP contribution in [0.4, 0.5) is 11.6 Å². The second-order valence-corrected chi connectivity index (χ2v) is 3.29. The first-order valence-electron chi connectivity index (χ1n) is 5.12. The lowest BCUT2D eigenvalue weighted by atomic mass is 10.3. The minimum atomic E-state index is 0.402. The van der Waals surface area contributed by atoms with E-state index >= 15 is 0 Å². The van der Waals surface area contributed by atoms with E-state index in [2.05, 4.69) is 20.7 Å². The number of benzene rings is 1. The third-order valence-corrected chi connectivity index (χ3v) is 2.05. The normalized spacial score (nSPS) is 10.9. The first-order valence-corrected chi connectivity index (χ1v) is 5.12. The molecule has 0 saturated heterocycles. The maximum atomic E-state index is 4.99. The van der Waals surface area contributed by atoms with Gasteiger partial charge in [-0.2, -0.15) is 0 Å². The van der Waals surface area contributed by atoms with Crippen molar-refractivity contribution in [3.63, 3.8) is 0 Å². The van der Waals surface area contributed by atoms with Crippen LogP contribution in [-0.4, -0.2) is 16.7 Å². The Bertz CT molecular complexity index is 480. The van der Waals surface area contributed by atoms with E-state index in [9.17, 15) is 0 Å². The molecule has 1 aromatic carbocycles. The molecule has 6 heteroatoms. The van der Waals surface area contributed by atoms with E-state index in [1.165, 1.54) is 0 Å². The van der Waals surface area contributed by atoms with Crippen molar-refractivity contribution >= 4 is 11.6 Å². The average molecular weight is 231 g/mol. The summed E-state index contributed by atoms with van der Waals surface area (Å²) in [5.41, 5.74) is 3.69. The van der Waals surface area contributed by atoms with Crippen LogP contribution in [0.2, 0.25) is 0 Å². The number of anilines is 1. The van der Waals surface area contributed by atoms with Crippen molar-refractivity contribution in [1.29, 1.82) is 0 Å². The van der Waals surface area contributed by atoms with Crippen LogP contribution in [-0.2, 0) is 11.5 Å². The number of nitrogens with one attached hydrogen (secondary N) is 1. The van der Waals surface area contributed by atoms with Gasteiger partial charge in [-0.3, -0.25) is 9.99 Å². The summed E-state index contributed by atoms with van der Waals surface area (Å²) in [7, 11) is 1.61. The summed E-state index contributed by atoms with van der Waals surface area (Å²) in [5.74, 6) is 0.496. The second-order valence-electron chi connectivity index (χ2n) is 3.29. The fourth-order valence-corrected chi connectivity index (χ4v) is 1.28. The minimum Gasteiger partial charge on any atom is -0.364 e. The van der Waals surface area contributed by atoms with Crippen molar-refractivity contribution < 1.29 is 4.74 Å². The number of methoxy groups -OCH3 is 1. The van der Waals surface area contributed by atoms with Gasteiger partial charge in [0.25, 0.3) is 5.95 Å². The van der Waals surface area contributed by atoms with E-state index in [1.807, 2.05) is 30.3 Å². The smallest absolute Gasteiger partial charge is 0.253 e. The highest BCUT2D eigenvalue weighted by Crippen LogP contribution is 2.10. The Labute approximate surface area is 98.9 Å². The maximum absolute atomic E-state index is 4.99. The number of hydrogen-bond donors (Lipinski definition) is 1. The number of aromatic nitrogens is 2. The second kappa shape index (κ2) is 5.76. The predicted octanol–water partition coefficient (Wildman–Crippen LogP) is 2.60. The molecule has 0 aliphatic carbocycles. The zero-order valence-corrected chi connectivity index (χ0v) is 9.45. The first kappa shape index (κ1) is 11.3. The van der Waals surface area contributed by atoms with Gasteiger partial charge in [-0.25, -0.2) is 4.98 Å². The van der Waals surface area contributed by atoms with E-state index < -0.39 is 0 Å². The topological polar surface area (TPSA) is 63.8 Å². The number of imidazole rings is 1. The fraction of sp³-hybridized carbons (Fsp3) is 0.182. The van der Waals surface area contributed by atoms with Gasteiger partial charge < -0.3 is 4.74 Å². The van der Waals surface area contributed by atoms with E-state index in [-0.39, 0.29) is 0 Å². The van der Waals surface area contributed by atoms with E-state index in [0.29, 0.717) is 12.7 Å². The highest BCUT2D eigenvalue weighted by Gasteiger charge is 1.99. The fourth-order valence-electron chi connectivity index (χ4n) is 1.28. The summed E-state index contributed by atoms with van der Waals surface area (Å²) in [5, 5.41) is 7.83. The van der Waals surface area contributed by atoms with Crippen LogP contribution in [0.15, 0.2) is 53.1 Å². The average Bonchev–Trinajstić information content (AvgIpc) is 2.79. The third-order valence-electron chi connectivity index (χ3n) is 2.05. The van der Waals surface area contributed by atoms with E-state index in [1.54, 1.807) is 24.1 Å². The number of nitrogens with zero attached hydrogens (tertiary/aromatic N) is 4. The monoisotopic (exact) mass is 231 g/mol. The molecule has 1 aromatic heterocycles. The van der Waals surface area contributed by atoms with Crippen LogP contribution in [0, 0.1) is 0 Å². The molecule has 0 unspecified atom stereocenters. The molecule has 1 heterocycles. The molecule has 6 nitrogen and oxygen atoms in total. The van der Waals surface area contributed by atoms with Gasteiger partial charge >= 0.3 is 0 Å². The Morgan fingerprint density at radius 2 is 2.18 bits per heavy atom. The summed E-state index contributed by atoms with van der Waals surface area (Å²) < 4.78 is 6.74. The Morgan fingerprint density at radius 1 is 1.35 bits per heavy atom. The molecule has 0 atom stereocenters. The van der Waals surface area contributed by atoms with Crippen molar-refractivity contribution in [3.05, 3.63) is 42.7 Å². The summed E-state index contributed by atoms with van der Waals surface area (Å²) in [6, 6.07) is 9.59. The van der Waals surface area contributed by atoms with Gasteiger partial charge in [0.2, 0.25) is 0 Å². The van der Waals surface area contributed by atoms with Crippen molar-refractivity contribution in [2.45, 2.75) is 6.73 Å². The number of ether oxygens (including phenoxy) is 1. The van der Waals surface area contributed by atoms with Crippen LogP contribution in [0.5, 0.6) is 0 Å². The molecule has 1 N–H and O–H groups in total. The van der Waals surface area contributed by atoms with Crippen LogP contribution in [0.3, 0.4) is 0 Å². The van der Waals surface area contributed by atoms with Gasteiger partial charge in [0.15, 0.2) is 0 Å². The number of para-hydroxylation sites is 1. The summed E-state index contributed by atoms with van der Waals surface area (Å²) in [6.45, 7) is 0.402. The molecular weight excluding hydrogens is 218 g/mol. The van der Waals surface area contributed by atoms with Crippen molar-refractivity contribution in [1.82, 2.24) is 9.55 Å². The van der Waals surface area contributed by atoms with Crippen LogP contribution in [0.1, 0.15) is 0 Å². The summed E-state index contributed by atoms with van der Waals surface area (Å²) in [4.78, 5) is 4.05. The molecule has 0 aliphatic heterocycles. The lowest BCUT2D eigenvalue weighted by Crippen LogP contribution is -1.97. The molecule has 0 radical (unpaired) electrons. The van der Waals surface area contributed by atoms with Gasteiger partial charge in [0.1, 0.15) is 6.73 Å².